The molecule has 0 bridgehead atoms. The molecule has 4 atom stereocenters. The van der Waals surface area contributed by atoms with Gasteiger partial charge < -0.3 is 24.4 Å². The van der Waals surface area contributed by atoms with Gasteiger partial charge in [-0.15, -0.1) is 0 Å². The first-order valence-corrected chi connectivity index (χ1v) is 7.84. The second-order valence-corrected chi connectivity index (χ2v) is 5.87. The fourth-order valence-corrected chi connectivity index (χ4v) is 2.61. The molecule has 152 valence electrons. The number of carbonyl (C=O) groups is 2. The summed E-state index contributed by atoms with van der Waals surface area (Å²) in [6.45, 7) is 0.713. The Hall–Kier alpha value is -3.41. The summed E-state index contributed by atoms with van der Waals surface area (Å²) in [5.41, 5.74) is -3.96. The van der Waals surface area contributed by atoms with Crippen LogP contribution in [0.15, 0.2) is 46.5 Å². The fraction of sp³-hybridized carbons (Fsp3) is 0.375. The number of alkyl halides is 1. The Kier molecular flexibility index (Phi) is 6.36. The molecule has 12 heteroatoms. The number of nitrogens with zero attached hydrogens (tertiary/aromatic N) is 1. The highest BCUT2D eigenvalue weighted by molar-refractivity contribution is 5.79. The van der Waals surface area contributed by atoms with Gasteiger partial charge in [0.15, 0.2) is 18.0 Å². The number of hydrogen-bond donors (Lipinski definition) is 3. The molecule has 0 spiro atoms. The highest BCUT2D eigenvalue weighted by Gasteiger charge is 2.57. The SMILES string of the molecule is C[C@@]1(F)[C@H](O/C=C/C(=O)O)[C@@H](CO/C=C/C(=O)O)O[C@H]1n1ccc(=O)[nH]c1=O. The summed E-state index contributed by atoms with van der Waals surface area (Å²) in [6, 6.07) is 1.00. The Morgan fingerprint density at radius 3 is 2.57 bits per heavy atom. The summed E-state index contributed by atoms with van der Waals surface area (Å²) in [5.74, 6) is -2.59. The van der Waals surface area contributed by atoms with Gasteiger partial charge in [0.2, 0.25) is 0 Å². The standard InChI is InChI=1S/C16H17FN2O9/c1-16(17)13(27-7-4-12(23)24)9(8-26-6-3-11(21)22)28-14(16)19-5-2-10(20)18-15(19)25/h2-7,9,13-14H,8H2,1H3,(H,21,22)(H,23,24)(H,18,20,25)/b6-3+,7-4+/t9-,13-,14-,16-/m1/s1. The molecule has 0 radical (unpaired) electrons. The summed E-state index contributed by atoms with van der Waals surface area (Å²) in [4.78, 5) is 46.2. The molecule has 0 unspecified atom stereocenters. The van der Waals surface area contributed by atoms with Crippen molar-refractivity contribution in [2.45, 2.75) is 31.0 Å². The minimum atomic E-state index is -2.35. The maximum Gasteiger partial charge on any atom is 0.331 e. The lowest BCUT2D eigenvalue weighted by molar-refractivity contribution is -0.132. The van der Waals surface area contributed by atoms with E-state index >= 15 is 4.39 Å². The molecule has 2 heterocycles. The van der Waals surface area contributed by atoms with Crippen molar-refractivity contribution in [1.29, 1.82) is 0 Å². The average Bonchev–Trinajstić information content (AvgIpc) is 2.82. The summed E-state index contributed by atoms with van der Waals surface area (Å²) in [6.07, 6.45) is -0.0950. The van der Waals surface area contributed by atoms with Crippen molar-refractivity contribution < 1.29 is 38.4 Å². The fourth-order valence-electron chi connectivity index (χ4n) is 2.61. The Balaban J connectivity index is 2.30. The highest BCUT2D eigenvalue weighted by atomic mass is 19.1. The number of aromatic amines is 1. The summed E-state index contributed by atoms with van der Waals surface area (Å²) >= 11 is 0. The van der Waals surface area contributed by atoms with Crippen LogP contribution >= 0.6 is 0 Å². The van der Waals surface area contributed by atoms with Crippen molar-refractivity contribution in [2.75, 3.05) is 6.61 Å². The first-order chi connectivity index (χ1) is 13.1. The molecule has 1 saturated heterocycles. The van der Waals surface area contributed by atoms with Crippen molar-refractivity contribution in [3.05, 3.63) is 57.8 Å². The number of carboxylic acids is 2. The third-order valence-corrected chi connectivity index (χ3v) is 3.79. The number of ether oxygens (including phenoxy) is 3. The molecule has 2 rings (SSSR count). The number of carboxylic acid groups (broad SMARTS) is 2. The maximum atomic E-state index is 15.5. The van der Waals surface area contributed by atoms with Crippen molar-refractivity contribution in [3.8, 4) is 0 Å². The number of hydrogen-bond acceptors (Lipinski definition) is 7. The lowest BCUT2D eigenvalue weighted by Gasteiger charge is -2.27. The molecule has 11 nitrogen and oxygen atoms in total. The summed E-state index contributed by atoms with van der Waals surface area (Å²) < 4.78 is 32.0. The van der Waals surface area contributed by atoms with E-state index in [1.54, 1.807) is 0 Å². The molecule has 0 saturated carbocycles. The van der Waals surface area contributed by atoms with E-state index in [-0.39, 0.29) is 6.61 Å². The van der Waals surface area contributed by atoms with Crippen LogP contribution in [0.2, 0.25) is 0 Å². The van der Waals surface area contributed by atoms with Gasteiger partial charge in [-0.25, -0.2) is 18.8 Å². The number of H-pyrrole nitrogens is 1. The van der Waals surface area contributed by atoms with Crippen LogP contribution in [0.4, 0.5) is 4.39 Å². The smallest absolute Gasteiger partial charge is 0.331 e. The average molecular weight is 400 g/mol. The van der Waals surface area contributed by atoms with Crippen LogP contribution in [0.1, 0.15) is 13.2 Å². The maximum absolute atomic E-state index is 15.5. The summed E-state index contributed by atoms with van der Waals surface area (Å²) in [7, 11) is 0. The van der Waals surface area contributed by atoms with Gasteiger partial charge in [-0.05, 0) is 6.92 Å². The molecule has 0 aliphatic carbocycles. The second kappa shape index (κ2) is 8.52. The van der Waals surface area contributed by atoms with Gasteiger partial charge in [-0.2, -0.15) is 0 Å². The van der Waals surface area contributed by atoms with Crippen LogP contribution < -0.4 is 11.2 Å². The Morgan fingerprint density at radius 2 is 1.96 bits per heavy atom. The number of aliphatic carboxylic acids is 2. The van der Waals surface area contributed by atoms with E-state index in [1.165, 1.54) is 0 Å². The van der Waals surface area contributed by atoms with Crippen LogP contribution in [0.5, 0.6) is 0 Å². The second-order valence-electron chi connectivity index (χ2n) is 5.87. The molecule has 1 aliphatic rings. The van der Waals surface area contributed by atoms with E-state index in [2.05, 4.69) is 0 Å². The quantitative estimate of drug-likeness (QED) is 0.396. The van der Waals surface area contributed by atoms with Gasteiger partial charge in [0.1, 0.15) is 12.7 Å². The Bertz CT molecular complexity index is 902. The third kappa shape index (κ3) is 4.85. The van der Waals surface area contributed by atoms with Crippen molar-refractivity contribution in [1.82, 2.24) is 9.55 Å². The number of halogens is 1. The number of aromatic nitrogens is 2. The van der Waals surface area contributed by atoms with E-state index in [4.69, 9.17) is 24.4 Å². The first kappa shape index (κ1) is 20.9. The molecule has 1 aromatic heterocycles. The van der Waals surface area contributed by atoms with Gasteiger partial charge in [-0.1, -0.05) is 0 Å². The monoisotopic (exact) mass is 400 g/mol. The molecule has 3 N–H and O–H groups in total. The van der Waals surface area contributed by atoms with Crippen molar-refractivity contribution >= 4 is 11.9 Å². The van der Waals surface area contributed by atoms with Crippen molar-refractivity contribution in [2.24, 2.45) is 0 Å². The van der Waals surface area contributed by atoms with Crippen LogP contribution in [0.3, 0.4) is 0 Å². The Morgan fingerprint density at radius 1 is 1.32 bits per heavy atom. The van der Waals surface area contributed by atoms with E-state index < -0.39 is 47.3 Å². The van der Waals surface area contributed by atoms with E-state index in [0.29, 0.717) is 12.2 Å². The first-order valence-electron chi connectivity index (χ1n) is 7.84. The zero-order valence-electron chi connectivity index (χ0n) is 14.5. The molecule has 0 aromatic carbocycles. The topological polar surface area (TPSA) is 157 Å². The predicted octanol–water partition coefficient (Wildman–Crippen LogP) is -0.239. The number of nitrogens with one attached hydrogen (secondary N) is 1. The minimum Gasteiger partial charge on any atom is -0.498 e. The molecular formula is C16H17FN2O9. The van der Waals surface area contributed by atoms with E-state index in [0.717, 1.165) is 36.3 Å². The molecule has 28 heavy (non-hydrogen) atoms. The molecular weight excluding hydrogens is 383 g/mol. The third-order valence-electron chi connectivity index (χ3n) is 3.79. The molecule has 0 amide bonds. The Labute approximate surface area is 156 Å². The largest absolute Gasteiger partial charge is 0.498 e. The van der Waals surface area contributed by atoms with Gasteiger partial charge in [-0.3, -0.25) is 14.3 Å². The normalized spacial score (nSPS) is 27.3. The van der Waals surface area contributed by atoms with Gasteiger partial charge in [0.05, 0.1) is 24.7 Å². The zero-order valence-corrected chi connectivity index (χ0v) is 14.5. The highest BCUT2D eigenvalue weighted by Crippen LogP contribution is 2.42. The van der Waals surface area contributed by atoms with Crippen molar-refractivity contribution in [3.63, 3.8) is 0 Å². The lowest BCUT2D eigenvalue weighted by Crippen LogP contribution is -2.44. The summed E-state index contributed by atoms with van der Waals surface area (Å²) in [5, 5.41) is 17.2. The van der Waals surface area contributed by atoms with Crippen LogP contribution in [0.25, 0.3) is 0 Å². The van der Waals surface area contributed by atoms with Crippen LogP contribution in [0, 0.1) is 0 Å². The van der Waals surface area contributed by atoms with Gasteiger partial charge in [0, 0.05) is 12.3 Å². The van der Waals surface area contributed by atoms with E-state index in [9.17, 15) is 19.2 Å². The molecule has 1 fully saturated rings. The van der Waals surface area contributed by atoms with E-state index in [1.807, 2.05) is 4.98 Å². The predicted molar refractivity (Wildman–Crippen MR) is 89.1 cm³/mol. The number of rotatable bonds is 8. The minimum absolute atomic E-state index is 0.358. The zero-order chi connectivity index (χ0) is 20.9. The van der Waals surface area contributed by atoms with Crippen LogP contribution in [-0.2, 0) is 23.8 Å². The molecule has 1 aromatic rings. The molecule has 1 aliphatic heterocycles. The van der Waals surface area contributed by atoms with Gasteiger partial charge >= 0.3 is 17.6 Å². The van der Waals surface area contributed by atoms with Crippen LogP contribution in [-0.4, -0.2) is 56.2 Å². The van der Waals surface area contributed by atoms with Gasteiger partial charge in [0.25, 0.3) is 5.56 Å². The lowest BCUT2D eigenvalue weighted by atomic mass is 9.98.